The maximum absolute atomic E-state index is 12.1. The van der Waals surface area contributed by atoms with Gasteiger partial charge in [0.25, 0.3) is 0 Å². The first kappa shape index (κ1) is 16.5. The van der Waals surface area contributed by atoms with Gasteiger partial charge < -0.3 is 10.1 Å². The molecule has 1 aromatic heterocycles. The second-order valence-corrected chi connectivity index (χ2v) is 5.82. The third kappa shape index (κ3) is 4.54. The quantitative estimate of drug-likeness (QED) is 0.853. The molecule has 1 aliphatic rings. The largest absolute Gasteiger partial charge is 0.411 e. The van der Waals surface area contributed by atoms with Crippen LogP contribution in [0.4, 0.5) is 19.0 Å². The van der Waals surface area contributed by atoms with Gasteiger partial charge in [0.05, 0.1) is 10.2 Å². The molecule has 0 amide bonds. The van der Waals surface area contributed by atoms with Crippen LogP contribution in [0.5, 0.6) is 0 Å². The van der Waals surface area contributed by atoms with Gasteiger partial charge >= 0.3 is 6.18 Å². The highest BCUT2D eigenvalue weighted by Gasteiger charge is 2.28. The third-order valence-electron chi connectivity index (χ3n) is 3.40. The molecule has 118 valence electrons. The van der Waals surface area contributed by atoms with Gasteiger partial charge in [0.15, 0.2) is 5.82 Å². The van der Waals surface area contributed by atoms with Gasteiger partial charge in [-0.2, -0.15) is 13.2 Å². The van der Waals surface area contributed by atoms with Crippen LogP contribution in [0, 0.1) is 0 Å². The second-order valence-electron chi connectivity index (χ2n) is 5.03. The summed E-state index contributed by atoms with van der Waals surface area (Å²) in [5.41, 5.74) is 0.859. The Hall–Kier alpha value is -0.890. The van der Waals surface area contributed by atoms with E-state index < -0.39 is 12.8 Å². The number of ether oxygens (including phenoxy) is 1. The van der Waals surface area contributed by atoms with Gasteiger partial charge in [-0.05, 0) is 28.8 Å². The molecule has 1 aromatic rings. The van der Waals surface area contributed by atoms with Gasteiger partial charge in [-0.1, -0.05) is 12.8 Å². The molecule has 0 aliphatic heterocycles. The van der Waals surface area contributed by atoms with Crippen molar-refractivity contribution in [3.05, 3.63) is 16.0 Å². The van der Waals surface area contributed by atoms with Gasteiger partial charge in [0, 0.05) is 13.0 Å². The van der Waals surface area contributed by atoms with Crippen molar-refractivity contribution in [3.8, 4) is 0 Å². The second kappa shape index (κ2) is 6.91. The zero-order valence-corrected chi connectivity index (χ0v) is 13.2. The smallest absolute Gasteiger partial charge is 0.372 e. The molecule has 1 saturated carbocycles. The van der Waals surface area contributed by atoms with Crippen LogP contribution < -0.4 is 5.32 Å². The highest BCUT2D eigenvalue weighted by Crippen LogP contribution is 2.38. The van der Waals surface area contributed by atoms with Crippen LogP contribution in [0.2, 0.25) is 0 Å². The minimum Gasteiger partial charge on any atom is -0.372 e. The highest BCUT2D eigenvalue weighted by molar-refractivity contribution is 9.10. The predicted molar refractivity (Wildman–Crippen MR) is 76.2 cm³/mol. The third-order valence-corrected chi connectivity index (χ3v) is 4.18. The zero-order chi connectivity index (χ0) is 15.5. The molecular weight excluding hydrogens is 351 g/mol. The number of alkyl halides is 3. The average molecular weight is 368 g/mol. The van der Waals surface area contributed by atoms with E-state index in [2.05, 4.69) is 36.0 Å². The molecule has 21 heavy (non-hydrogen) atoms. The summed E-state index contributed by atoms with van der Waals surface area (Å²) in [5.74, 6) is 1.18. The van der Waals surface area contributed by atoms with Crippen LogP contribution in [0.1, 0.15) is 43.1 Å². The van der Waals surface area contributed by atoms with Crippen LogP contribution in [0.25, 0.3) is 0 Å². The van der Waals surface area contributed by atoms with Crippen molar-refractivity contribution in [3.63, 3.8) is 0 Å². The number of aromatic nitrogens is 2. The minimum absolute atomic E-state index is 0.249. The van der Waals surface area contributed by atoms with Crippen molar-refractivity contribution in [1.82, 2.24) is 9.97 Å². The van der Waals surface area contributed by atoms with Crippen molar-refractivity contribution in [2.24, 2.45) is 0 Å². The van der Waals surface area contributed by atoms with E-state index in [0.29, 0.717) is 11.7 Å². The number of hydrogen-bond donors (Lipinski definition) is 1. The van der Waals surface area contributed by atoms with E-state index in [1.54, 1.807) is 7.05 Å². The molecule has 8 heteroatoms. The number of halogens is 4. The standard InChI is InChI=1S/C13H17BrF3N3O/c1-18-12-10(14)11(8-4-2-3-5-8)19-9(20-12)6-21-7-13(15,16)17/h8H,2-7H2,1H3,(H,18,19,20). The van der Waals surface area contributed by atoms with Crippen molar-refractivity contribution in [2.75, 3.05) is 19.0 Å². The van der Waals surface area contributed by atoms with E-state index in [9.17, 15) is 13.2 Å². The Kier molecular flexibility index (Phi) is 5.43. The van der Waals surface area contributed by atoms with Crippen molar-refractivity contribution in [2.45, 2.75) is 44.4 Å². The van der Waals surface area contributed by atoms with Crippen LogP contribution in [0.15, 0.2) is 4.47 Å². The number of nitrogens with one attached hydrogen (secondary N) is 1. The number of nitrogens with zero attached hydrogens (tertiary/aromatic N) is 2. The van der Waals surface area contributed by atoms with E-state index in [1.165, 1.54) is 0 Å². The fraction of sp³-hybridized carbons (Fsp3) is 0.692. The molecule has 1 fully saturated rings. The summed E-state index contributed by atoms with van der Waals surface area (Å²) >= 11 is 3.48. The van der Waals surface area contributed by atoms with Gasteiger partial charge in [0.1, 0.15) is 19.0 Å². The molecule has 1 N–H and O–H groups in total. The molecule has 0 radical (unpaired) electrons. The maximum Gasteiger partial charge on any atom is 0.411 e. The normalized spacial score (nSPS) is 16.4. The summed E-state index contributed by atoms with van der Waals surface area (Å²) in [6, 6.07) is 0. The van der Waals surface area contributed by atoms with E-state index in [4.69, 9.17) is 0 Å². The van der Waals surface area contributed by atoms with Gasteiger partial charge in [0.2, 0.25) is 0 Å². The Morgan fingerprint density at radius 1 is 1.29 bits per heavy atom. The lowest BCUT2D eigenvalue weighted by atomic mass is 10.0. The molecule has 0 bridgehead atoms. The van der Waals surface area contributed by atoms with Gasteiger partial charge in [-0.3, -0.25) is 0 Å². The Balaban J connectivity index is 2.15. The highest BCUT2D eigenvalue weighted by atomic mass is 79.9. The fourth-order valence-corrected chi connectivity index (χ4v) is 3.17. The topological polar surface area (TPSA) is 47.0 Å². The van der Waals surface area contributed by atoms with Crippen LogP contribution >= 0.6 is 15.9 Å². The van der Waals surface area contributed by atoms with E-state index >= 15 is 0 Å². The molecule has 0 spiro atoms. The zero-order valence-electron chi connectivity index (χ0n) is 11.6. The predicted octanol–water partition coefficient (Wildman–Crippen LogP) is 4.02. The average Bonchev–Trinajstić information content (AvgIpc) is 2.92. The van der Waals surface area contributed by atoms with Crippen LogP contribution in [-0.4, -0.2) is 29.8 Å². The van der Waals surface area contributed by atoms with E-state index in [-0.39, 0.29) is 12.4 Å². The molecule has 1 heterocycles. The first-order valence-corrected chi connectivity index (χ1v) is 7.58. The lowest BCUT2D eigenvalue weighted by Gasteiger charge is -2.15. The van der Waals surface area contributed by atoms with Crippen molar-refractivity contribution < 1.29 is 17.9 Å². The molecular formula is C13H17BrF3N3O. The van der Waals surface area contributed by atoms with Crippen LogP contribution in [0.3, 0.4) is 0 Å². The SMILES string of the molecule is CNc1nc(COCC(F)(F)F)nc(C2CCCC2)c1Br. The van der Waals surface area contributed by atoms with E-state index in [0.717, 1.165) is 35.8 Å². The van der Waals surface area contributed by atoms with Gasteiger partial charge in [-0.15, -0.1) is 0 Å². The molecule has 0 aromatic carbocycles. The first-order chi connectivity index (χ1) is 9.90. The Labute approximate surface area is 129 Å². The number of hydrogen-bond acceptors (Lipinski definition) is 4. The summed E-state index contributed by atoms with van der Waals surface area (Å²) in [7, 11) is 1.71. The Bertz CT molecular complexity index is 490. The first-order valence-electron chi connectivity index (χ1n) is 6.79. The lowest BCUT2D eigenvalue weighted by Crippen LogP contribution is -2.18. The summed E-state index contributed by atoms with van der Waals surface area (Å²) in [6.45, 7) is -1.54. The maximum atomic E-state index is 12.1. The number of anilines is 1. The molecule has 2 rings (SSSR count). The summed E-state index contributed by atoms with van der Waals surface area (Å²) < 4.78 is 41.8. The summed E-state index contributed by atoms with van der Waals surface area (Å²) in [5, 5.41) is 2.93. The summed E-state index contributed by atoms with van der Waals surface area (Å²) in [6.07, 6.45) is 0.0462. The molecule has 0 saturated heterocycles. The van der Waals surface area contributed by atoms with Crippen LogP contribution in [-0.2, 0) is 11.3 Å². The molecule has 4 nitrogen and oxygen atoms in total. The lowest BCUT2D eigenvalue weighted by molar-refractivity contribution is -0.177. The van der Waals surface area contributed by atoms with Crippen molar-refractivity contribution in [1.29, 1.82) is 0 Å². The molecule has 1 aliphatic carbocycles. The minimum atomic E-state index is -4.34. The fourth-order valence-electron chi connectivity index (χ4n) is 2.47. The summed E-state index contributed by atoms with van der Waals surface area (Å²) in [4.78, 5) is 8.57. The molecule has 0 atom stereocenters. The number of rotatable bonds is 5. The monoisotopic (exact) mass is 367 g/mol. The van der Waals surface area contributed by atoms with Gasteiger partial charge in [-0.25, -0.2) is 9.97 Å². The Morgan fingerprint density at radius 2 is 1.95 bits per heavy atom. The van der Waals surface area contributed by atoms with Crippen molar-refractivity contribution >= 4 is 21.7 Å². The Morgan fingerprint density at radius 3 is 2.52 bits per heavy atom. The molecule has 0 unspecified atom stereocenters. The van der Waals surface area contributed by atoms with E-state index in [1.807, 2.05) is 0 Å².